The van der Waals surface area contributed by atoms with Crippen molar-refractivity contribution in [2.75, 3.05) is 6.54 Å². The minimum atomic E-state index is -2.93. The van der Waals surface area contributed by atoms with Gasteiger partial charge in [-0.15, -0.1) is 0 Å². The number of nitrogens with two attached hydrogens (primary N) is 1. The van der Waals surface area contributed by atoms with Gasteiger partial charge in [-0.3, -0.25) is 0 Å². The molecular formula is C4H13NO4Si. The molecule has 0 heterocycles. The first-order valence-electron chi connectivity index (χ1n) is 3.07. The monoisotopic (exact) mass is 167 g/mol. The van der Waals surface area contributed by atoms with Crippen LogP contribution in [0.1, 0.15) is 6.42 Å². The molecule has 0 bridgehead atoms. The lowest BCUT2D eigenvalue weighted by molar-refractivity contribution is -0.421. The van der Waals surface area contributed by atoms with E-state index in [4.69, 9.17) is 21.1 Å². The van der Waals surface area contributed by atoms with Crippen LogP contribution in [0.4, 0.5) is 0 Å². The molecule has 0 aromatic heterocycles. The average Bonchev–Trinajstić information content (AvgIpc) is 1.78. The number of aliphatic hydroxyl groups is 3. The van der Waals surface area contributed by atoms with Crippen LogP contribution in [0.2, 0.25) is 6.04 Å². The normalized spacial score (nSPS) is 13.2. The molecule has 0 aliphatic rings. The van der Waals surface area contributed by atoms with Gasteiger partial charge in [0.25, 0.3) is 0 Å². The van der Waals surface area contributed by atoms with Gasteiger partial charge in [-0.05, 0) is 19.0 Å². The SMILES string of the molecule is NCCC[SiH2]OC(O)(O)O. The highest BCUT2D eigenvalue weighted by molar-refractivity contribution is 6.27. The highest BCUT2D eigenvalue weighted by Gasteiger charge is 2.17. The predicted molar refractivity (Wildman–Crippen MR) is 37.5 cm³/mol. The highest BCUT2D eigenvalue weighted by Crippen LogP contribution is 1.95. The Morgan fingerprint density at radius 3 is 2.40 bits per heavy atom. The zero-order chi connectivity index (χ0) is 8.04. The first-order valence-corrected chi connectivity index (χ1v) is 4.65. The van der Waals surface area contributed by atoms with Gasteiger partial charge in [0.2, 0.25) is 0 Å². The first kappa shape index (κ1) is 10.0. The lowest BCUT2D eigenvalue weighted by Crippen LogP contribution is -2.32. The van der Waals surface area contributed by atoms with Crippen molar-refractivity contribution in [3.05, 3.63) is 0 Å². The van der Waals surface area contributed by atoms with Crippen LogP contribution in [-0.2, 0) is 4.43 Å². The van der Waals surface area contributed by atoms with E-state index in [1.54, 1.807) is 0 Å². The molecule has 62 valence electrons. The largest absolute Gasteiger partial charge is 0.394 e. The third-order valence-electron chi connectivity index (χ3n) is 0.894. The molecule has 0 fully saturated rings. The number of hydrogen-bond donors (Lipinski definition) is 4. The Labute approximate surface area is 61.4 Å². The smallest absolute Gasteiger partial charge is 0.353 e. The second kappa shape index (κ2) is 4.77. The molecule has 0 aliphatic heterocycles. The molecule has 5 nitrogen and oxygen atoms in total. The van der Waals surface area contributed by atoms with Gasteiger partial charge in [0.05, 0.1) is 0 Å². The van der Waals surface area contributed by atoms with Gasteiger partial charge in [0.1, 0.15) is 0 Å². The molecule has 10 heavy (non-hydrogen) atoms. The summed E-state index contributed by atoms with van der Waals surface area (Å²) in [7, 11) is -1.03. The average molecular weight is 167 g/mol. The fourth-order valence-corrected chi connectivity index (χ4v) is 1.37. The summed E-state index contributed by atoms with van der Waals surface area (Å²) in [6, 6.07) is 0.736. The molecule has 0 radical (unpaired) electrons. The Bertz CT molecular complexity index is 83.8. The lowest BCUT2D eigenvalue weighted by atomic mass is 10.5. The van der Waals surface area contributed by atoms with Gasteiger partial charge < -0.3 is 25.5 Å². The van der Waals surface area contributed by atoms with E-state index in [0.29, 0.717) is 6.54 Å². The molecule has 0 saturated carbocycles. The quantitative estimate of drug-likeness (QED) is 0.205. The first-order chi connectivity index (χ1) is 4.56. The molecule has 0 aromatic rings. The van der Waals surface area contributed by atoms with Crippen LogP contribution in [-0.4, -0.2) is 37.8 Å². The Kier molecular flexibility index (Phi) is 4.78. The summed E-state index contributed by atoms with van der Waals surface area (Å²) in [4.78, 5) is 0. The molecule has 0 aliphatic carbocycles. The van der Waals surface area contributed by atoms with Crippen molar-refractivity contribution in [1.29, 1.82) is 0 Å². The van der Waals surface area contributed by atoms with Crippen molar-refractivity contribution in [2.24, 2.45) is 5.73 Å². The molecule has 0 atom stereocenters. The summed E-state index contributed by atoms with van der Waals surface area (Å²) >= 11 is 0. The molecule has 0 saturated heterocycles. The Morgan fingerprint density at radius 1 is 1.40 bits per heavy atom. The third-order valence-corrected chi connectivity index (χ3v) is 2.27. The second-order valence-electron chi connectivity index (χ2n) is 1.92. The standard InChI is InChI=1S/C4H13NO4Si/c5-2-1-3-10-9-4(6,7)8/h6-8H,1-3,5,10H2. The van der Waals surface area contributed by atoms with E-state index < -0.39 is 15.9 Å². The predicted octanol–water partition coefficient (Wildman–Crippen LogP) is -2.56. The molecule has 0 rings (SSSR count). The second-order valence-corrected chi connectivity index (χ2v) is 3.32. The van der Waals surface area contributed by atoms with Crippen molar-refractivity contribution in [2.45, 2.75) is 18.6 Å². The van der Waals surface area contributed by atoms with Crippen LogP contribution in [0.5, 0.6) is 0 Å². The molecule has 0 unspecified atom stereocenters. The Morgan fingerprint density at radius 2 is 2.00 bits per heavy atom. The van der Waals surface area contributed by atoms with Crippen LogP contribution in [0, 0.1) is 0 Å². The summed E-state index contributed by atoms with van der Waals surface area (Å²) in [5.74, 6) is 0. The van der Waals surface area contributed by atoms with Crippen LogP contribution < -0.4 is 5.73 Å². The van der Waals surface area contributed by atoms with E-state index in [1.807, 2.05) is 0 Å². The Balaban J connectivity index is 3.04. The molecule has 5 N–H and O–H groups in total. The van der Waals surface area contributed by atoms with Crippen molar-refractivity contribution in [3.8, 4) is 0 Å². The van der Waals surface area contributed by atoms with Crippen LogP contribution in [0.25, 0.3) is 0 Å². The van der Waals surface area contributed by atoms with E-state index in [1.165, 1.54) is 0 Å². The molecule has 6 heteroatoms. The van der Waals surface area contributed by atoms with E-state index in [0.717, 1.165) is 12.5 Å². The summed E-state index contributed by atoms with van der Waals surface area (Å²) in [6.45, 7) is 0.561. The van der Waals surface area contributed by atoms with E-state index in [2.05, 4.69) is 4.43 Å². The fourth-order valence-electron chi connectivity index (χ4n) is 0.455. The number of hydrogen-bond acceptors (Lipinski definition) is 5. The molecule has 0 amide bonds. The summed E-state index contributed by atoms with van der Waals surface area (Å²) < 4.78 is 4.28. The van der Waals surface area contributed by atoms with Crippen LogP contribution in [0.3, 0.4) is 0 Å². The molecule has 0 spiro atoms. The van der Waals surface area contributed by atoms with Crippen molar-refractivity contribution >= 4 is 9.76 Å². The third kappa shape index (κ3) is 8.02. The zero-order valence-electron chi connectivity index (χ0n) is 5.66. The van der Waals surface area contributed by atoms with Gasteiger partial charge in [-0.1, -0.05) is 0 Å². The summed E-state index contributed by atoms with van der Waals surface area (Å²) in [5, 5.41) is 24.6. The highest BCUT2D eigenvalue weighted by atomic mass is 28.2. The van der Waals surface area contributed by atoms with E-state index in [9.17, 15) is 0 Å². The van der Waals surface area contributed by atoms with Gasteiger partial charge >= 0.3 is 6.16 Å². The van der Waals surface area contributed by atoms with Gasteiger partial charge in [-0.25, -0.2) is 0 Å². The van der Waals surface area contributed by atoms with Crippen molar-refractivity contribution in [3.63, 3.8) is 0 Å². The minimum absolute atomic E-state index is 0.561. The van der Waals surface area contributed by atoms with Crippen LogP contribution in [0.15, 0.2) is 0 Å². The van der Waals surface area contributed by atoms with Crippen LogP contribution >= 0.6 is 0 Å². The zero-order valence-corrected chi connectivity index (χ0v) is 7.07. The molecular weight excluding hydrogens is 154 g/mol. The maximum atomic E-state index is 8.21. The van der Waals surface area contributed by atoms with E-state index >= 15 is 0 Å². The topological polar surface area (TPSA) is 95.9 Å². The number of rotatable bonds is 5. The van der Waals surface area contributed by atoms with Gasteiger partial charge in [0.15, 0.2) is 9.76 Å². The molecule has 0 aromatic carbocycles. The Hall–Kier alpha value is 0.0169. The van der Waals surface area contributed by atoms with Gasteiger partial charge in [-0.2, -0.15) is 0 Å². The summed E-state index contributed by atoms with van der Waals surface area (Å²) in [5.41, 5.74) is 5.16. The maximum Gasteiger partial charge on any atom is 0.394 e. The van der Waals surface area contributed by atoms with E-state index in [-0.39, 0.29) is 0 Å². The maximum absolute atomic E-state index is 8.21. The van der Waals surface area contributed by atoms with Crippen molar-refractivity contribution in [1.82, 2.24) is 0 Å². The van der Waals surface area contributed by atoms with Gasteiger partial charge in [0, 0.05) is 0 Å². The minimum Gasteiger partial charge on any atom is -0.353 e. The summed E-state index contributed by atoms with van der Waals surface area (Å²) in [6.07, 6.45) is -2.14. The lowest BCUT2D eigenvalue weighted by Gasteiger charge is -2.13. The van der Waals surface area contributed by atoms with Crippen molar-refractivity contribution < 1.29 is 19.7 Å². The fraction of sp³-hybridized carbons (Fsp3) is 1.00.